The molecule has 0 aliphatic carbocycles. The third-order valence-corrected chi connectivity index (χ3v) is 5.46. The monoisotopic (exact) mass is 396 g/mol. The van der Waals surface area contributed by atoms with Gasteiger partial charge in [-0.15, -0.1) is 0 Å². The minimum atomic E-state index is 0.744. The molecular formula is C23H36N6. The van der Waals surface area contributed by atoms with Crippen molar-refractivity contribution in [3.05, 3.63) is 47.6 Å². The first-order chi connectivity index (χ1) is 14.3. The van der Waals surface area contributed by atoms with Gasteiger partial charge in [0.15, 0.2) is 5.82 Å². The van der Waals surface area contributed by atoms with Crippen LogP contribution in [0, 0.1) is 6.92 Å². The number of aromatic nitrogens is 2. The molecular weight excluding hydrogens is 360 g/mol. The van der Waals surface area contributed by atoms with Crippen LogP contribution in [0.5, 0.6) is 0 Å². The molecule has 0 spiro atoms. The normalized spacial score (nSPS) is 19.0. The number of aryl methyl sites for hydroxylation is 1. The molecule has 0 atom stereocenters. The molecule has 1 aromatic rings. The van der Waals surface area contributed by atoms with Crippen LogP contribution in [0.3, 0.4) is 0 Å². The summed E-state index contributed by atoms with van der Waals surface area (Å²) in [4.78, 5) is 14.1. The lowest BCUT2D eigenvalue weighted by atomic mass is 10.2. The Bertz CT molecular complexity index is 712. The first-order valence-electron chi connectivity index (χ1n) is 11.0. The highest BCUT2D eigenvalue weighted by atomic mass is 15.2. The van der Waals surface area contributed by atoms with E-state index < -0.39 is 0 Å². The van der Waals surface area contributed by atoms with E-state index in [1.165, 1.54) is 38.2 Å². The molecule has 29 heavy (non-hydrogen) atoms. The van der Waals surface area contributed by atoms with Crippen molar-refractivity contribution in [2.45, 2.75) is 33.1 Å². The van der Waals surface area contributed by atoms with E-state index in [-0.39, 0.29) is 0 Å². The molecule has 3 rings (SSSR count). The highest BCUT2D eigenvalue weighted by Gasteiger charge is 2.11. The summed E-state index contributed by atoms with van der Waals surface area (Å²) in [7, 11) is 0. The van der Waals surface area contributed by atoms with Crippen molar-refractivity contribution in [3.63, 3.8) is 0 Å². The summed E-state index contributed by atoms with van der Waals surface area (Å²) < 4.78 is 0. The number of hydrogen-bond donors (Lipinski definition) is 2. The van der Waals surface area contributed by atoms with E-state index in [1.54, 1.807) is 0 Å². The average Bonchev–Trinajstić information content (AvgIpc) is 3.27. The first kappa shape index (κ1) is 21.5. The van der Waals surface area contributed by atoms with Crippen LogP contribution >= 0.6 is 0 Å². The SMILES string of the molecule is C\C=C/C(=C\C=C\c1ncc(C)c(NCCCN2CCCC2)n1)N1CCNCC1. The van der Waals surface area contributed by atoms with Gasteiger partial charge in [0.25, 0.3) is 0 Å². The van der Waals surface area contributed by atoms with Crippen LogP contribution in [-0.4, -0.2) is 72.1 Å². The molecule has 6 heteroatoms. The number of rotatable bonds is 9. The van der Waals surface area contributed by atoms with Gasteiger partial charge in [-0.1, -0.05) is 12.2 Å². The molecule has 0 radical (unpaired) electrons. The van der Waals surface area contributed by atoms with Gasteiger partial charge in [-0.3, -0.25) is 0 Å². The number of nitrogens with one attached hydrogen (secondary N) is 2. The van der Waals surface area contributed by atoms with E-state index in [9.17, 15) is 0 Å². The van der Waals surface area contributed by atoms with Crippen LogP contribution in [0.15, 0.2) is 36.2 Å². The number of likely N-dealkylation sites (tertiary alicyclic amines) is 1. The molecule has 0 amide bonds. The Balaban J connectivity index is 1.55. The van der Waals surface area contributed by atoms with E-state index in [1.807, 2.05) is 12.3 Å². The Morgan fingerprint density at radius 3 is 2.76 bits per heavy atom. The van der Waals surface area contributed by atoms with Gasteiger partial charge >= 0.3 is 0 Å². The predicted molar refractivity (Wildman–Crippen MR) is 122 cm³/mol. The van der Waals surface area contributed by atoms with E-state index in [2.05, 4.69) is 63.6 Å². The van der Waals surface area contributed by atoms with Crippen molar-refractivity contribution in [2.75, 3.05) is 57.7 Å². The fourth-order valence-electron chi connectivity index (χ4n) is 3.82. The lowest BCUT2D eigenvalue weighted by molar-refractivity contribution is 0.307. The van der Waals surface area contributed by atoms with Crippen LogP contribution in [0.2, 0.25) is 0 Å². The number of anilines is 1. The van der Waals surface area contributed by atoms with Crippen LogP contribution in [0.1, 0.15) is 37.6 Å². The molecule has 2 aliphatic rings. The topological polar surface area (TPSA) is 56.3 Å². The third kappa shape index (κ3) is 6.98. The molecule has 2 N–H and O–H groups in total. The van der Waals surface area contributed by atoms with Gasteiger partial charge < -0.3 is 20.4 Å². The minimum Gasteiger partial charge on any atom is -0.370 e. The van der Waals surface area contributed by atoms with E-state index >= 15 is 0 Å². The molecule has 2 saturated heterocycles. The van der Waals surface area contributed by atoms with E-state index in [4.69, 9.17) is 4.98 Å². The largest absolute Gasteiger partial charge is 0.370 e. The van der Waals surface area contributed by atoms with Crippen molar-refractivity contribution >= 4 is 11.9 Å². The highest BCUT2D eigenvalue weighted by Crippen LogP contribution is 2.13. The molecule has 0 saturated carbocycles. The van der Waals surface area contributed by atoms with Gasteiger partial charge in [0.1, 0.15) is 5.82 Å². The van der Waals surface area contributed by atoms with Gasteiger partial charge in [0, 0.05) is 50.2 Å². The molecule has 0 bridgehead atoms. The second-order valence-corrected chi connectivity index (χ2v) is 7.78. The summed E-state index contributed by atoms with van der Waals surface area (Å²) in [6.45, 7) is 12.9. The number of hydrogen-bond acceptors (Lipinski definition) is 6. The van der Waals surface area contributed by atoms with Crippen LogP contribution < -0.4 is 10.6 Å². The quantitative estimate of drug-likeness (QED) is 0.494. The number of allylic oxidation sites excluding steroid dienone is 4. The first-order valence-corrected chi connectivity index (χ1v) is 11.0. The molecule has 3 heterocycles. The van der Waals surface area contributed by atoms with Gasteiger partial charge in [-0.25, -0.2) is 9.97 Å². The third-order valence-electron chi connectivity index (χ3n) is 5.46. The van der Waals surface area contributed by atoms with Gasteiger partial charge in [-0.2, -0.15) is 0 Å². The maximum Gasteiger partial charge on any atom is 0.154 e. The summed E-state index contributed by atoms with van der Waals surface area (Å²) in [5, 5.41) is 6.90. The standard InChI is InChI=1S/C23H36N6/c1-3-8-21(29-17-12-24-13-18-29)9-6-10-22-26-19-20(2)23(27-22)25-11-7-16-28-14-4-5-15-28/h3,6,8-10,19,24H,4-5,7,11-18H2,1-2H3,(H,25,26,27)/b8-3-,10-6+,21-9+. The summed E-state index contributed by atoms with van der Waals surface area (Å²) in [5.41, 5.74) is 2.33. The second-order valence-electron chi connectivity index (χ2n) is 7.78. The number of nitrogens with zero attached hydrogens (tertiary/aromatic N) is 4. The maximum atomic E-state index is 4.70. The molecule has 1 aromatic heterocycles. The lowest BCUT2D eigenvalue weighted by Gasteiger charge is -2.30. The molecule has 6 nitrogen and oxygen atoms in total. The molecule has 2 fully saturated rings. The summed E-state index contributed by atoms with van der Waals surface area (Å²) in [6.07, 6.45) is 16.2. The molecule has 0 unspecified atom stereocenters. The van der Waals surface area contributed by atoms with Crippen LogP contribution in [0.25, 0.3) is 6.08 Å². The molecule has 158 valence electrons. The lowest BCUT2D eigenvalue weighted by Crippen LogP contribution is -2.42. The Kier molecular flexibility index (Phi) is 8.71. The zero-order valence-electron chi connectivity index (χ0n) is 18.0. The Morgan fingerprint density at radius 2 is 2.00 bits per heavy atom. The van der Waals surface area contributed by atoms with Crippen molar-refractivity contribution in [1.29, 1.82) is 0 Å². The average molecular weight is 397 g/mol. The van der Waals surface area contributed by atoms with E-state index in [0.717, 1.165) is 56.4 Å². The molecule has 0 aromatic carbocycles. The van der Waals surface area contributed by atoms with Gasteiger partial charge in [0.2, 0.25) is 0 Å². The Labute approximate surface area is 175 Å². The Morgan fingerprint density at radius 1 is 1.21 bits per heavy atom. The summed E-state index contributed by atoms with van der Waals surface area (Å²) in [5.74, 6) is 1.69. The van der Waals surface area contributed by atoms with Crippen LogP contribution in [-0.2, 0) is 0 Å². The highest BCUT2D eigenvalue weighted by molar-refractivity contribution is 5.50. The zero-order chi connectivity index (χ0) is 20.3. The smallest absolute Gasteiger partial charge is 0.154 e. The van der Waals surface area contributed by atoms with Crippen molar-refractivity contribution in [1.82, 2.24) is 25.1 Å². The fourth-order valence-corrected chi connectivity index (χ4v) is 3.82. The van der Waals surface area contributed by atoms with Crippen molar-refractivity contribution in [2.24, 2.45) is 0 Å². The Hall–Kier alpha value is -2.18. The predicted octanol–water partition coefficient (Wildman–Crippen LogP) is 3.06. The maximum absolute atomic E-state index is 4.70. The van der Waals surface area contributed by atoms with Crippen molar-refractivity contribution in [3.8, 4) is 0 Å². The minimum absolute atomic E-state index is 0.744. The summed E-state index contributed by atoms with van der Waals surface area (Å²) in [6, 6.07) is 0. The van der Waals surface area contributed by atoms with Crippen LogP contribution in [0.4, 0.5) is 5.82 Å². The summed E-state index contributed by atoms with van der Waals surface area (Å²) >= 11 is 0. The van der Waals surface area contributed by atoms with Gasteiger partial charge in [0.05, 0.1) is 0 Å². The zero-order valence-corrected chi connectivity index (χ0v) is 18.0. The van der Waals surface area contributed by atoms with Gasteiger partial charge in [-0.05, 0) is 71.0 Å². The number of piperazine rings is 1. The van der Waals surface area contributed by atoms with E-state index in [0.29, 0.717) is 0 Å². The fraction of sp³-hybridized carbons (Fsp3) is 0.565. The van der Waals surface area contributed by atoms with Crippen molar-refractivity contribution < 1.29 is 0 Å². The molecule has 2 aliphatic heterocycles. The second kappa shape index (κ2) is 11.7.